The first-order valence-corrected chi connectivity index (χ1v) is 42.7. The number of phosphoric acid groups is 2. The Morgan fingerprint density at radius 3 is 0.740 bits per heavy atom. The van der Waals surface area contributed by atoms with Gasteiger partial charge < -0.3 is 33.8 Å². The second-order valence-corrected chi connectivity index (χ2v) is 32.3. The fourth-order valence-electron chi connectivity index (χ4n) is 11.7. The molecule has 3 N–H and O–H groups in total. The van der Waals surface area contributed by atoms with Gasteiger partial charge in [0.15, 0.2) is 12.2 Å². The van der Waals surface area contributed by atoms with Crippen LogP contribution in [0.4, 0.5) is 0 Å². The molecule has 0 rings (SSSR count). The van der Waals surface area contributed by atoms with Gasteiger partial charge in [-0.15, -0.1) is 0 Å². The largest absolute Gasteiger partial charge is 0.472 e. The zero-order valence-corrected chi connectivity index (χ0v) is 64.8. The lowest BCUT2D eigenvalue weighted by Gasteiger charge is -2.21. The summed E-state index contributed by atoms with van der Waals surface area (Å²) < 4.78 is 68.6. The SMILES string of the molecule is CCC(C)CCCCCCCCC(=O)OC[C@H](COP(=O)(O)OC[C@H](O)COP(=O)(O)OC[C@@H](COC(=O)CCCCCCCCCCCCCCC(C)C)OC(=O)CCCCCCCCCCCCC(C)C)OC(=O)CCCCCCCCCCCCCCCCCC(C)C. The van der Waals surface area contributed by atoms with Crippen LogP contribution in [0.3, 0.4) is 0 Å². The highest BCUT2D eigenvalue weighted by Crippen LogP contribution is 2.45. The summed E-state index contributed by atoms with van der Waals surface area (Å²) in [6.07, 6.45) is 51.3. The average Bonchev–Trinajstić information content (AvgIpc) is 1.37. The molecule has 3 unspecified atom stereocenters. The van der Waals surface area contributed by atoms with Crippen molar-refractivity contribution in [2.75, 3.05) is 39.6 Å². The Bertz CT molecular complexity index is 1890. The number of phosphoric ester groups is 2. The van der Waals surface area contributed by atoms with E-state index in [4.69, 9.17) is 37.0 Å². The van der Waals surface area contributed by atoms with Gasteiger partial charge in [0.1, 0.15) is 19.3 Å². The van der Waals surface area contributed by atoms with Gasteiger partial charge in [-0.05, 0) is 49.4 Å². The molecule has 6 atom stereocenters. The van der Waals surface area contributed by atoms with E-state index in [2.05, 4.69) is 55.4 Å². The highest BCUT2D eigenvalue weighted by Gasteiger charge is 2.30. The first-order chi connectivity index (χ1) is 46.1. The van der Waals surface area contributed by atoms with Gasteiger partial charge in [-0.1, -0.05) is 338 Å². The van der Waals surface area contributed by atoms with Gasteiger partial charge in [-0.3, -0.25) is 37.3 Å². The van der Waals surface area contributed by atoms with Crippen molar-refractivity contribution in [3.8, 4) is 0 Å². The van der Waals surface area contributed by atoms with Gasteiger partial charge >= 0.3 is 39.5 Å². The lowest BCUT2D eigenvalue weighted by Crippen LogP contribution is -2.30. The number of carbonyl (C=O) groups excluding carboxylic acids is 4. The van der Waals surface area contributed by atoms with Crippen LogP contribution in [0.2, 0.25) is 0 Å². The van der Waals surface area contributed by atoms with E-state index in [0.717, 1.165) is 120 Å². The third-order valence-corrected chi connectivity index (χ3v) is 20.1. The molecule has 0 aliphatic carbocycles. The fourth-order valence-corrected chi connectivity index (χ4v) is 13.3. The third kappa shape index (κ3) is 69.2. The quantitative estimate of drug-likeness (QED) is 0.0222. The van der Waals surface area contributed by atoms with E-state index in [-0.39, 0.29) is 25.7 Å². The molecular formula is C77H150O17P2. The number of carbonyl (C=O) groups is 4. The van der Waals surface area contributed by atoms with Crippen LogP contribution in [0.15, 0.2) is 0 Å². The van der Waals surface area contributed by atoms with Crippen molar-refractivity contribution in [3.63, 3.8) is 0 Å². The minimum Gasteiger partial charge on any atom is -0.462 e. The summed E-state index contributed by atoms with van der Waals surface area (Å²) >= 11 is 0. The molecule has 0 spiro atoms. The molecule has 0 aliphatic heterocycles. The highest BCUT2D eigenvalue weighted by molar-refractivity contribution is 7.47. The number of hydrogen-bond acceptors (Lipinski definition) is 15. The number of ether oxygens (including phenoxy) is 4. The third-order valence-electron chi connectivity index (χ3n) is 18.2. The predicted molar refractivity (Wildman–Crippen MR) is 391 cm³/mol. The number of esters is 4. The molecule has 0 heterocycles. The van der Waals surface area contributed by atoms with Gasteiger partial charge in [0.05, 0.1) is 26.4 Å². The number of aliphatic hydroxyl groups excluding tert-OH is 1. The van der Waals surface area contributed by atoms with Crippen molar-refractivity contribution < 1.29 is 80.2 Å². The van der Waals surface area contributed by atoms with Crippen LogP contribution in [0.25, 0.3) is 0 Å². The van der Waals surface area contributed by atoms with E-state index in [1.807, 2.05) is 0 Å². The molecule has 0 fully saturated rings. The molecule has 570 valence electrons. The first-order valence-electron chi connectivity index (χ1n) is 39.7. The monoisotopic (exact) mass is 1410 g/mol. The summed E-state index contributed by atoms with van der Waals surface area (Å²) in [5.74, 6) is 0.947. The molecule has 0 aromatic heterocycles. The minimum absolute atomic E-state index is 0.106. The van der Waals surface area contributed by atoms with Crippen molar-refractivity contribution in [3.05, 3.63) is 0 Å². The van der Waals surface area contributed by atoms with Crippen molar-refractivity contribution in [2.45, 2.75) is 408 Å². The molecule has 19 heteroatoms. The van der Waals surface area contributed by atoms with E-state index in [0.29, 0.717) is 25.7 Å². The molecule has 0 bridgehead atoms. The maximum Gasteiger partial charge on any atom is 0.472 e. The van der Waals surface area contributed by atoms with Crippen LogP contribution >= 0.6 is 15.6 Å². The van der Waals surface area contributed by atoms with E-state index in [1.165, 1.54) is 186 Å². The van der Waals surface area contributed by atoms with Crippen LogP contribution < -0.4 is 0 Å². The van der Waals surface area contributed by atoms with Crippen molar-refractivity contribution >= 4 is 39.5 Å². The van der Waals surface area contributed by atoms with Crippen LogP contribution in [0.1, 0.15) is 389 Å². The van der Waals surface area contributed by atoms with Crippen molar-refractivity contribution in [2.24, 2.45) is 23.7 Å². The Kier molecular flexibility index (Phi) is 65.0. The van der Waals surface area contributed by atoms with Crippen LogP contribution in [0.5, 0.6) is 0 Å². The smallest absolute Gasteiger partial charge is 0.462 e. The summed E-state index contributed by atoms with van der Waals surface area (Å²) in [5.41, 5.74) is 0. The summed E-state index contributed by atoms with van der Waals surface area (Å²) in [7, 11) is -9.92. The molecule has 0 saturated carbocycles. The Labute approximate surface area is 588 Å². The van der Waals surface area contributed by atoms with E-state index in [1.54, 1.807) is 0 Å². The number of aliphatic hydroxyl groups is 1. The first kappa shape index (κ1) is 94.1. The molecule has 17 nitrogen and oxygen atoms in total. The zero-order chi connectivity index (χ0) is 71.0. The summed E-state index contributed by atoms with van der Waals surface area (Å²) in [5, 5.41) is 10.6. The molecular weight excluding hydrogens is 1260 g/mol. The molecule has 0 aliphatic rings. The van der Waals surface area contributed by atoms with Gasteiger partial charge in [0.25, 0.3) is 0 Å². The summed E-state index contributed by atoms with van der Waals surface area (Å²) in [6.45, 7) is 14.2. The lowest BCUT2D eigenvalue weighted by atomic mass is 10.00. The lowest BCUT2D eigenvalue weighted by molar-refractivity contribution is -0.161. The van der Waals surface area contributed by atoms with E-state index in [9.17, 15) is 43.2 Å². The zero-order valence-electron chi connectivity index (χ0n) is 63.0. The van der Waals surface area contributed by atoms with Crippen LogP contribution in [-0.2, 0) is 65.4 Å². The molecule has 0 radical (unpaired) electrons. The minimum atomic E-state index is -4.96. The normalized spacial score (nSPS) is 14.4. The number of rotatable bonds is 74. The summed E-state index contributed by atoms with van der Waals surface area (Å²) in [4.78, 5) is 72.9. The Hall–Kier alpha value is -1.94. The van der Waals surface area contributed by atoms with Crippen LogP contribution in [-0.4, -0.2) is 96.7 Å². The van der Waals surface area contributed by atoms with Gasteiger partial charge in [0.2, 0.25) is 0 Å². The standard InChI is InChI=1S/C77H150O17P2/c1-9-70(8)56-48-40-35-36-42-50-58-75(80)88-64-73(94-76(81)59-51-43-33-27-20-14-12-10-11-13-17-23-29-37-45-53-67(2)3)66-92-96(85,86)90-62-71(78)61-89-95(83,84)91-65-72(93-77(82)60-52-44-34-28-22-21-25-31-39-47-55-69(6)7)63-87-74(79)57-49-41-32-26-19-16-15-18-24-30-38-46-54-68(4)5/h67-73,78H,9-66H2,1-8H3,(H,83,84)(H,85,86)/t70?,71-,72-,73-/m1/s1. The van der Waals surface area contributed by atoms with Crippen molar-refractivity contribution in [1.29, 1.82) is 0 Å². The fraction of sp³-hybridized carbons (Fsp3) is 0.948. The van der Waals surface area contributed by atoms with Crippen LogP contribution in [0, 0.1) is 23.7 Å². The molecule has 0 aromatic rings. The molecule has 0 amide bonds. The number of hydrogen-bond donors (Lipinski definition) is 3. The maximum absolute atomic E-state index is 13.1. The Balaban J connectivity index is 5.24. The van der Waals surface area contributed by atoms with Crippen molar-refractivity contribution in [1.82, 2.24) is 0 Å². The second-order valence-electron chi connectivity index (χ2n) is 29.4. The maximum atomic E-state index is 13.1. The van der Waals surface area contributed by atoms with Gasteiger partial charge in [-0.25, -0.2) is 9.13 Å². The highest BCUT2D eigenvalue weighted by atomic mass is 31.2. The Morgan fingerprint density at radius 2 is 0.500 bits per heavy atom. The average molecular weight is 1410 g/mol. The van der Waals surface area contributed by atoms with Gasteiger partial charge in [0, 0.05) is 25.7 Å². The predicted octanol–water partition coefficient (Wildman–Crippen LogP) is 22.4. The molecule has 96 heavy (non-hydrogen) atoms. The Morgan fingerprint density at radius 1 is 0.292 bits per heavy atom. The topological polar surface area (TPSA) is 237 Å². The van der Waals surface area contributed by atoms with Gasteiger partial charge in [-0.2, -0.15) is 0 Å². The summed E-state index contributed by atoms with van der Waals surface area (Å²) in [6, 6.07) is 0. The van der Waals surface area contributed by atoms with E-state index < -0.39 is 97.5 Å². The second kappa shape index (κ2) is 66.3. The molecule has 0 saturated heterocycles. The number of unbranched alkanes of at least 4 members (excludes halogenated alkanes) is 39. The van der Waals surface area contributed by atoms with E-state index >= 15 is 0 Å². The molecule has 0 aromatic carbocycles.